The second-order valence-corrected chi connectivity index (χ2v) is 11.3. The van der Waals surface area contributed by atoms with Crippen molar-refractivity contribution in [2.75, 3.05) is 0 Å². The highest BCUT2D eigenvalue weighted by Crippen LogP contribution is 2.65. The smallest absolute Gasteiger partial charge is 0.00866 e. The molecule has 0 aromatic heterocycles. The predicted molar refractivity (Wildman–Crippen MR) is 93.7 cm³/mol. The molecule has 1 heteroatoms. The minimum atomic E-state index is 0.994. The lowest BCUT2D eigenvalue weighted by molar-refractivity contribution is 0.201. The van der Waals surface area contributed by atoms with Gasteiger partial charge in [-0.1, -0.05) is 19.1 Å². The van der Waals surface area contributed by atoms with Crippen LogP contribution in [0.4, 0.5) is 0 Å². The normalized spacial score (nSPS) is 63.8. The van der Waals surface area contributed by atoms with E-state index >= 15 is 0 Å². The summed E-state index contributed by atoms with van der Waals surface area (Å²) in [6.07, 6.45) is 16.1. The van der Waals surface area contributed by atoms with Crippen LogP contribution in [0.25, 0.3) is 0 Å². The van der Waals surface area contributed by atoms with Gasteiger partial charge < -0.3 is 0 Å². The summed E-state index contributed by atoms with van der Waals surface area (Å²) in [5, 5.41) is 2.08. The molecule has 22 heavy (non-hydrogen) atoms. The molecule has 6 rings (SSSR count). The number of rotatable bonds is 2. The van der Waals surface area contributed by atoms with E-state index in [9.17, 15) is 0 Å². The zero-order valence-electron chi connectivity index (χ0n) is 13.9. The molecule has 120 valence electrons. The minimum Gasteiger partial charge on any atom is -0.155 e. The Morgan fingerprint density at radius 2 is 1.59 bits per heavy atom. The molecule has 0 aromatic rings. The lowest BCUT2D eigenvalue weighted by Gasteiger charge is -2.32. The van der Waals surface area contributed by atoms with Crippen LogP contribution in [-0.4, -0.2) is 10.5 Å². The molecule has 0 nitrogen and oxygen atoms in total. The summed E-state index contributed by atoms with van der Waals surface area (Å²) in [4.78, 5) is 0. The first kappa shape index (κ1) is 13.4. The number of thioether (sulfide) groups is 1. The standard InChI is InChI=1S/C21H30S/c1-11-5-12-6-17(11)19-10-14(9-18(12)19)22-21-8-13-7-20(21)16-4-2-3-15(13)16/h2,4,11-21H,3,5-10H2,1H3. The van der Waals surface area contributed by atoms with E-state index in [2.05, 4.69) is 30.8 Å². The molecule has 6 aliphatic carbocycles. The van der Waals surface area contributed by atoms with Gasteiger partial charge >= 0.3 is 0 Å². The van der Waals surface area contributed by atoms with E-state index in [-0.39, 0.29) is 0 Å². The first-order valence-electron chi connectivity index (χ1n) is 10.1. The Morgan fingerprint density at radius 3 is 2.55 bits per heavy atom. The van der Waals surface area contributed by atoms with Crippen LogP contribution in [0.5, 0.6) is 0 Å². The van der Waals surface area contributed by atoms with Gasteiger partial charge in [0.1, 0.15) is 0 Å². The van der Waals surface area contributed by atoms with Gasteiger partial charge in [0, 0.05) is 10.5 Å². The summed E-state index contributed by atoms with van der Waals surface area (Å²) in [6.45, 7) is 2.55. The van der Waals surface area contributed by atoms with E-state index in [0.29, 0.717) is 0 Å². The Labute approximate surface area is 139 Å². The van der Waals surface area contributed by atoms with Crippen LogP contribution >= 0.6 is 11.8 Å². The molecule has 0 radical (unpaired) electrons. The Hall–Kier alpha value is 0.0900. The SMILES string of the molecule is CC1CC2CC1C1CC(SC3CC4CC3C3C=CCC43)CC21. The summed E-state index contributed by atoms with van der Waals surface area (Å²) >= 11 is 2.48. The van der Waals surface area contributed by atoms with Gasteiger partial charge in [-0.2, -0.15) is 11.8 Å². The third-order valence-corrected chi connectivity index (χ3v) is 10.7. The van der Waals surface area contributed by atoms with Gasteiger partial charge in [0.2, 0.25) is 0 Å². The van der Waals surface area contributed by atoms with Gasteiger partial charge in [0.05, 0.1) is 0 Å². The highest BCUT2D eigenvalue weighted by molar-refractivity contribution is 8.00. The van der Waals surface area contributed by atoms with Gasteiger partial charge in [-0.15, -0.1) is 0 Å². The van der Waals surface area contributed by atoms with Crippen LogP contribution in [0, 0.1) is 53.3 Å². The van der Waals surface area contributed by atoms with Gasteiger partial charge in [-0.3, -0.25) is 0 Å². The topological polar surface area (TPSA) is 0 Å². The molecule has 0 amide bonds. The molecule has 0 saturated heterocycles. The molecule has 0 heterocycles. The largest absolute Gasteiger partial charge is 0.155 e. The van der Waals surface area contributed by atoms with Crippen LogP contribution in [-0.2, 0) is 0 Å². The van der Waals surface area contributed by atoms with Gasteiger partial charge in [-0.05, 0) is 98.2 Å². The van der Waals surface area contributed by atoms with Crippen LogP contribution in [0.3, 0.4) is 0 Å². The maximum atomic E-state index is 2.60. The number of hydrogen-bond donors (Lipinski definition) is 0. The van der Waals surface area contributed by atoms with Crippen molar-refractivity contribution in [1.82, 2.24) is 0 Å². The van der Waals surface area contributed by atoms with Gasteiger partial charge in [0.15, 0.2) is 0 Å². The zero-order chi connectivity index (χ0) is 14.4. The lowest BCUT2D eigenvalue weighted by Crippen LogP contribution is -2.27. The zero-order valence-corrected chi connectivity index (χ0v) is 14.7. The van der Waals surface area contributed by atoms with Gasteiger partial charge in [0.25, 0.3) is 0 Å². The third-order valence-electron chi connectivity index (χ3n) is 9.07. The Morgan fingerprint density at radius 1 is 0.773 bits per heavy atom. The van der Waals surface area contributed by atoms with Crippen molar-refractivity contribution in [2.45, 2.75) is 62.4 Å². The van der Waals surface area contributed by atoms with Crippen molar-refractivity contribution < 1.29 is 0 Å². The molecule has 11 unspecified atom stereocenters. The molecule has 6 aliphatic rings. The van der Waals surface area contributed by atoms with Crippen molar-refractivity contribution in [1.29, 1.82) is 0 Å². The highest BCUT2D eigenvalue weighted by atomic mass is 32.2. The number of hydrogen-bond acceptors (Lipinski definition) is 1. The first-order valence-corrected chi connectivity index (χ1v) is 11.0. The monoisotopic (exact) mass is 314 g/mol. The maximum absolute atomic E-state index is 2.60. The van der Waals surface area contributed by atoms with Crippen molar-refractivity contribution in [3.8, 4) is 0 Å². The number of fused-ring (bicyclic) bond motifs is 10. The molecule has 4 bridgehead atoms. The fourth-order valence-electron chi connectivity index (χ4n) is 8.36. The second-order valence-electron chi connectivity index (χ2n) is 9.77. The number of allylic oxidation sites excluding steroid dienone is 2. The first-order chi connectivity index (χ1) is 10.8. The maximum Gasteiger partial charge on any atom is 0.00866 e. The van der Waals surface area contributed by atoms with Crippen LogP contribution in [0.1, 0.15) is 51.9 Å². The quantitative estimate of drug-likeness (QED) is 0.616. The van der Waals surface area contributed by atoms with Crippen molar-refractivity contribution in [2.24, 2.45) is 53.3 Å². The molecular weight excluding hydrogens is 284 g/mol. The average molecular weight is 315 g/mol. The van der Waals surface area contributed by atoms with Crippen molar-refractivity contribution >= 4 is 11.8 Å². The van der Waals surface area contributed by atoms with Crippen LogP contribution < -0.4 is 0 Å². The van der Waals surface area contributed by atoms with Crippen LogP contribution in [0.15, 0.2) is 12.2 Å². The van der Waals surface area contributed by atoms with E-state index in [0.717, 1.165) is 63.8 Å². The molecule has 0 aromatic carbocycles. The summed E-state index contributed by atoms with van der Waals surface area (Å²) in [6, 6.07) is 0. The second kappa shape index (κ2) is 4.58. The Bertz CT molecular complexity index is 510. The van der Waals surface area contributed by atoms with E-state index in [4.69, 9.17) is 0 Å². The van der Waals surface area contributed by atoms with E-state index < -0.39 is 0 Å². The van der Waals surface area contributed by atoms with E-state index in [1.54, 1.807) is 38.5 Å². The van der Waals surface area contributed by atoms with Crippen LogP contribution in [0.2, 0.25) is 0 Å². The Balaban J connectivity index is 1.15. The summed E-state index contributed by atoms with van der Waals surface area (Å²) < 4.78 is 0. The molecule has 5 saturated carbocycles. The molecule has 0 N–H and O–H groups in total. The molecule has 5 fully saturated rings. The molecule has 0 aliphatic heterocycles. The van der Waals surface area contributed by atoms with Crippen molar-refractivity contribution in [3.63, 3.8) is 0 Å². The van der Waals surface area contributed by atoms with Gasteiger partial charge in [-0.25, -0.2) is 0 Å². The fraction of sp³-hybridized carbons (Fsp3) is 0.905. The summed E-state index contributed by atoms with van der Waals surface area (Å²) in [5.74, 6) is 9.84. The molecular formula is C21H30S. The van der Waals surface area contributed by atoms with E-state index in [1.165, 1.54) is 6.42 Å². The average Bonchev–Trinajstić information content (AvgIpc) is 3.26. The molecule has 11 atom stereocenters. The molecule has 0 spiro atoms. The van der Waals surface area contributed by atoms with E-state index in [1.807, 2.05) is 0 Å². The summed E-state index contributed by atoms with van der Waals surface area (Å²) in [7, 11) is 0. The Kier molecular flexibility index (Phi) is 2.79. The lowest BCUT2D eigenvalue weighted by atomic mass is 9.77. The minimum absolute atomic E-state index is 0.994. The third kappa shape index (κ3) is 1.68. The fourth-order valence-corrected chi connectivity index (χ4v) is 10.4. The highest BCUT2D eigenvalue weighted by Gasteiger charge is 2.57. The summed E-state index contributed by atoms with van der Waals surface area (Å²) in [5.41, 5.74) is 0. The predicted octanol–water partition coefficient (Wildman–Crippen LogP) is 5.39. The van der Waals surface area contributed by atoms with Crippen molar-refractivity contribution in [3.05, 3.63) is 12.2 Å².